The van der Waals surface area contributed by atoms with E-state index in [-0.39, 0.29) is 25.2 Å². The van der Waals surface area contributed by atoms with Gasteiger partial charge in [0.15, 0.2) is 0 Å². The van der Waals surface area contributed by atoms with Crippen LogP contribution < -0.4 is 5.32 Å². The molecule has 136 valence electrons. The van der Waals surface area contributed by atoms with Crippen LogP contribution in [0.4, 0.5) is 0 Å². The summed E-state index contributed by atoms with van der Waals surface area (Å²) in [6.45, 7) is 5.82. The molecule has 0 aromatic heterocycles. The predicted octanol–water partition coefficient (Wildman–Crippen LogP) is 1.32. The molecule has 1 aliphatic heterocycles. The van der Waals surface area contributed by atoms with Crippen LogP contribution in [0.25, 0.3) is 0 Å². The molecule has 1 fully saturated rings. The van der Waals surface area contributed by atoms with Gasteiger partial charge in [-0.2, -0.15) is 0 Å². The maximum Gasteiger partial charge on any atom is 0.306 e. The Hall–Kier alpha value is 0.0300. The molecule has 0 amide bonds. The Morgan fingerprint density at radius 3 is 2.48 bits per heavy atom. The summed E-state index contributed by atoms with van der Waals surface area (Å²) in [5, 5.41) is 3.26. The van der Waals surface area contributed by atoms with Crippen LogP contribution in [0, 0.1) is 5.92 Å². The van der Waals surface area contributed by atoms with Crippen LogP contribution in [0.5, 0.6) is 0 Å². The van der Waals surface area contributed by atoms with Gasteiger partial charge in [-0.3, -0.25) is 4.79 Å². The standard InChI is InChI=1S/C14H27IN2O5S/c1-11(2)22-13(9-17(15)23(3,19)20)10-21-14(18)8-12-4-6-16-7-5-12/h11-13,16H,4-10H2,1-3H3/t13-/m0/s1. The Morgan fingerprint density at radius 1 is 1.35 bits per heavy atom. The van der Waals surface area contributed by atoms with Crippen molar-refractivity contribution in [2.24, 2.45) is 5.92 Å². The summed E-state index contributed by atoms with van der Waals surface area (Å²) in [4.78, 5) is 12.0. The highest BCUT2D eigenvalue weighted by atomic mass is 127. The molecule has 0 saturated carbocycles. The van der Waals surface area contributed by atoms with Gasteiger partial charge in [0.05, 0.1) is 18.9 Å². The van der Waals surface area contributed by atoms with E-state index < -0.39 is 16.1 Å². The SMILES string of the molecule is CC(C)O[C@H](COC(=O)CC1CCNCC1)CN(I)S(C)(=O)=O. The Bertz CT molecular complexity index is 466. The van der Waals surface area contributed by atoms with E-state index in [1.54, 1.807) is 22.9 Å². The Kier molecular flexibility index (Phi) is 9.27. The quantitative estimate of drug-likeness (QED) is 0.316. The molecular formula is C14H27IN2O5S. The number of piperidine rings is 1. The lowest BCUT2D eigenvalue weighted by Gasteiger charge is -2.24. The summed E-state index contributed by atoms with van der Waals surface area (Å²) in [5.41, 5.74) is 0. The summed E-state index contributed by atoms with van der Waals surface area (Å²) >= 11 is 1.73. The van der Waals surface area contributed by atoms with E-state index in [1.807, 2.05) is 13.8 Å². The highest BCUT2D eigenvalue weighted by Crippen LogP contribution is 2.17. The Morgan fingerprint density at radius 2 is 1.96 bits per heavy atom. The number of nitrogens with zero attached hydrogens (tertiary/aromatic N) is 1. The molecular weight excluding hydrogens is 435 g/mol. The van der Waals surface area contributed by atoms with Crippen molar-refractivity contribution in [3.63, 3.8) is 0 Å². The topological polar surface area (TPSA) is 84.9 Å². The average Bonchev–Trinajstić information content (AvgIpc) is 2.44. The van der Waals surface area contributed by atoms with Gasteiger partial charge in [-0.1, -0.05) is 0 Å². The number of nitrogens with one attached hydrogen (secondary N) is 1. The molecule has 1 aliphatic rings. The molecule has 0 unspecified atom stereocenters. The fourth-order valence-electron chi connectivity index (χ4n) is 2.38. The van der Waals surface area contributed by atoms with Crippen molar-refractivity contribution in [1.29, 1.82) is 0 Å². The molecule has 1 rings (SSSR count). The lowest BCUT2D eigenvalue weighted by Crippen LogP contribution is -2.36. The van der Waals surface area contributed by atoms with E-state index in [9.17, 15) is 13.2 Å². The zero-order chi connectivity index (χ0) is 17.5. The first kappa shape index (κ1) is 21.1. The van der Waals surface area contributed by atoms with E-state index in [0.29, 0.717) is 12.3 Å². The van der Waals surface area contributed by atoms with Gasteiger partial charge in [0, 0.05) is 29.3 Å². The van der Waals surface area contributed by atoms with Crippen LogP contribution in [0.15, 0.2) is 0 Å². The van der Waals surface area contributed by atoms with Crippen molar-refractivity contribution in [3.8, 4) is 0 Å². The number of hydrogen-bond donors (Lipinski definition) is 1. The maximum absolute atomic E-state index is 12.0. The van der Waals surface area contributed by atoms with Crippen LogP contribution >= 0.6 is 22.9 Å². The van der Waals surface area contributed by atoms with E-state index >= 15 is 0 Å². The Labute approximate surface area is 153 Å². The zero-order valence-corrected chi connectivity index (χ0v) is 16.9. The van der Waals surface area contributed by atoms with E-state index in [0.717, 1.165) is 32.2 Å². The molecule has 9 heteroatoms. The number of sulfonamides is 1. The van der Waals surface area contributed by atoms with Gasteiger partial charge >= 0.3 is 5.97 Å². The first-order valence-corrected chi connectivity index (χ1v) is 10.6. The average molecular weight is 462 g/mol. The maximum atomic E-state index is 12.0. The Balaban J connectivity index is 2.44. The second-order valence-corrected chi connectivity index (χ2v) is 9.85. The van der Waals surface area contributed by atoms with Crippen molar-refractivity contribution in [2.75, 3.05) is 32.5 Å². The van der Waals surface area contributed by atoms with E-state index in [2.05, 4.69) is 5.32 Å². The molecule has 0 bridgehead atoms. The highest BCUT2D eigenvalue weighted by molar-refractivity contribution is 14.1. The van der Waals surface area contributed by atoms with Crippen LogP contribution in [-0.4, -0.2) is 61.6 Å². The second-order valence-electron chi connectivity index (χ2n) is 6.12. The highest BCUT2D eigenvalue weighted by Gasteiger charge is 2.23. The van der Waals surface area contributed by atoms with Gasteiger partial charge in [0.25, 0.3) is 0 Å². The van der Waals surface area contributed by atoms with Gasteiger partial charge in [0.1, 0.15) is 12.7 Å². The van der Waals surface area contributed by atoms with Gasteiger partial charge < -0.3 is 14.8 Å². The lowest BCUT2D eigenvalue weighted by molar-refractivity contribution is -0.150. The van der Waals surface area contributed by atoms with Crippen molar-refractivity contribution in [1.82, 2.24) is 7.84 Å². The van der Waals surface area contributed by atoms with Gasteiger partial charge in [-0.05, 0) is 45.7 Å². The number of carbonyl (C=O) groups excluding carboxylic acids is 1. The smallest absolute Gasteiger partial charge is 0.306 e. The number of halogens is 1. The molecule has 0 aliphatic carbocycles. The second kappa shape index (κ2) is 10.1. The molecule has 23 heavy (non-hydrogen) atoms. The molecule has 1 heterocycles. The molecule has 1 saturated heterocycles. The molecule has 0 spiro atoms. The predicted molar refractivity (Wildman–Crippen MR) is 96.7 cm³/mol. The van der Waals surface area contributed by atoms with Gasteiger partial charge in [-0.25, -0.2) is 8.42 Å². The number of ether oxygens (including phenoxy) is 2. The molecule has 1 N–H and O–H groups in total. The monoisotopic (exact) mass is 462 g/mol. The largest absolute Gasteiger partial charge is 0.463 e. The summed E-state index contributed by atoms with van der Waals surface area (Å²) in [7, 11) is -3.30. The van der Waals surface area contributed by atoms with Crippen LogP contribution in [0.3, 0.4) is 0 Å². The van der Waals surface area contributed by atoms with Crippen LogP contribution in [0.2, 0.25) is 0 Å². The minimum absolute atomic E-state index is 0.0665. The third-order valence-electron chi connectivity index (χ3n) is 3.52. The first-order chi connectivity index (χ1) is 10.7. The normalized spacial score (nSPS) is 18.3. The number of carbonyl (C=O) groups is 1. The minimum atomic E-state index is -3.30. The first-order valence-electron chi connectivity index (χ1n) is 7.83. The minimum Gasteiger partial charge on any atom is -0.463 e. The third kappa shape index (κ3) is 9.18. The fourth-order valence-corrected chi connectivity index (χ4v) is 3.26. The lowest BCUT2D eigenvalue weighted by atomic mass is 9.95. The summed E-state index contributed by atoms with van der Waals surface area (Å²) in [6.07, 6.45) is 2.96. The number of hydrogen-bond acceptors (Lipinski definition) is 6. The molecule has 0 aromatic rings. The van der Waals surface area contributed by atoms with Crippen molar-refractivity contribution in [3.05, 3.63) is 0 Å². The van der Waals surface area contributed by atoms with Crippen molar-refractivity contribution >= 4 is 38.9 Å². The number of esters is 1. The summed E-state index contributed by atoms with van der Waals surface area (Å²) < 4.78 is 35.2. The van der Waals surface area contributed by atoms with Crippen molar-refractivity contribution < 1.29 is 22.7 Å². The summed E-state index contributed by atoms with van der Waals surface area (Å²) in [5.74, 6) is 0.124. The van der Waals surface area contributed by atoms with Crippen LogP contribution in [-0.2, 0) is 24.3 Å². The molecule has 1 atom stereocenters. The summed E-state index contributed by atoms with van der Waals surface area (Å²) in [6, 6.07) is 0. The third-order valence-corrected chi connectivity index (χ3v) is 6.93. The van der Waals surface area contributed by atoms with Gasteiger partial charge in [0.2, 0.25) is 10.0 Å². The van der Waals surface area contributed by atoms with E-state index in [1.165, 1.54) is 2.52 Å². The molecule has 0 radical (unpaired) electrons. The van der Waals surface area contributed by atoms with E-state index in [4.69, 9.17) is 9.47 Å². The number of rotatable bonds is 9. The molecule has 0 aromatic carbocycles. The van der Waals surface area contributed by atoms with Gasteiger partial charge in [-0.15, -0.1) is 2.52 Å². The van der Waals surface area contributed by atoms with Crippen LogP contribution in [0.1, 0.15) is 33.1 Å². The fraction of sp³-hybridized carbons (Fsp3) is 0.929. The zero-order valence-electron chi connectivity index (χ0n) is 14.0. The van der Waals surface area contributed by atoms with Crippen molar-refractivity contribution in [2.45, 2.75) is 45.3 Å². The molecule has 7 nitrogen and oxygen atoms in total.